The van der Waals surface area contributed by atoms with Crippen LogP contribution >= 0.6 is 11.6 Å². The molecule has 0 radical (unpaired) electrons. The van der Waals surface area contributed by atoms with E-state index in [1.54, 1.807) is 24.0 Å². The number of hydrogen-bond acceptors (Lipinski definition) is 4. The number of carbonyl (C=O) groups excluding carboxylic acids is 1. The number of carbonyl (C=O) groups is 1. The lowest BCUT2D eigenvalue weighted by Gasteiger charge is -2.32. The summed E-state index contributed by atoms with van der Waals surface area (Å²) in [5.74, 6) is -0.195. The zero-order valence-corrected chi connectivity index (χ0v) is 18.7. The quantitative estimate of drug-likeness (QED) is 0.719. The van der Waals surface area contributed by atoms with Gasteiger partial charge in [-0.25, -0.2) is 8.42 Å². The van der Waals surface area contributed by atoms with Gasteiger partial charge in [0.2, 0.25) is 10.0 Å². The summed E-state index contributed by atoms with van der Waals surface area (Å²) in [5, 5.41) is 0.662. The number of nitrogens with zero attached hydrogens (tertiary/aromatic N) is 2. The number of rotatable bonds is 3. The molecule has 2 aromatic carbocycles. The molecular weight excluding hydrogens is 424 g/mol. The SMILES string of the molecule is Cc1ccc(C(=O)N2CCCc3cc(Cl)cc(C)c32)cc1S(=O)(=O)N1CCOCC1. The van der Waals surface area contributed by atoms with Gasteiger partial charge in [-0.05, 0) is 67.6 Å². The van der Waals surface area contributed by atoms with Crippen molar-refractivity contribution < 1.29 is 17.9 Å². The summed E-state index contributed by atoms with van der Waals surface area (Å²) in [6.45, 7) is 5.68. The van der Waals surface area contributed by atoms with Crippen LogP contribution in [0.15, 0.2) is 35.2 Å². The number of hydrogen-bond donors (Lipinski definition) is 0. The van der Waals surface area contributed by atoms with Gasteiger partial charge in [-0.3, -0.25) is 4.79 Å². The summed E-state index contributed by atoms with van der Waals surface area (Å²) in [6, 6.07) is 8.69. The van der Waals surface area contributed by atoms with Gasteiger partial charge < -0.3 is 9.64 Å². The Kier molecular flexibility index (Phi) is 5.90. The van der Waals surface area contributed by atoms with E-state index >= 15 is 0 Å². The number of morpholine rings is 1. The Morgan fingerprint density at radius 2 is 1.77 bits per heavy atom. The lowest BCUT2D eigenvalue weighted by Crippen LogP contribution is -2.41. The number of fused-ring (bicyclic) bond motifs is 1. The van der Waals surface area contributed by atoms with Crippen LogP contribution in [0.4, 0.5) is 5.69 Å². The first kappa shape index (κ1) is 21.3. The van der Waals surface area contributed by atoms with Crippen LogP contribution in [0.25, 0.3) is 0 Å². The maximum absolute atomic E-state index is 13.4. The van der Waals surface area contributed by atoms with Crippen LogP contribution in [0, 0.1) is 13.8 Å². The highest BCUT2D eigenvalue weighted by Gasteiger charge is 2.30. The molecule has 0 aromatic heterocycles. The van der Waals surface area contributed by atoms with Crippen LogP contribution in [0.3, 0.4) is 0 Å². The summed E-state index contributed by atoms with van der Waals surface area (Å²) in [7, 11) is -3.69. The van der Waals surface area contributed by atoms with E-state index < -0.39 is 10.0 Å². The van der Waals surface area contributed by atoms with Crippen molar-refractivity contribution in [2.75, 3.05) is 37.7 Å². The molecule has 0 aliphatic carbocycles. The van der Waals surface area contributed by atoms with E-state index in [2.05, 4.69) is 0 Å². The van der Waals surface area contributed by atoms with Crippen LogP contribution in [0.5, 0.6) is 0 Å². The molecule has 0 N–H and O–H groups in total. The van der Waals surface area contributed by atoms with Crippen molar-refractivity contribution >= 4 is 33.2 Å². The van der Waals surface area contributed by atoms with Crippen LogP contribution < -0.4 is 4.90 Å². The second kappa shape index (κ2) is 8.30. The standard InChI is InChI=1S/C22H25ClN2O4S/c1-15-5-6-18(14-20(15)30(27,28)24-8-10-29-11-9-24)22(26)25-7-3-4-17-13-19(23)12-16(2)21(17)25/h5-6,12-14H,3-4,7-11H2,1-2H3. The first-order chi connectivity index (χ1) is 14.3. The van der Waals surface area contributed by atoms with Crippen LogP contribution in [0.2, 0.25) is 5.02 Å². The lowest BCUT2D eigenvalue weighted by molar-refractivity contribution is 0.0730. The Labute approximate surface area is 182 Å². The molecule has 6 nitrogen and oxygen atoms in total. The Morgan fingerprint density at radius 1 is 1.03 bits per heavy atom. The molecule has 1 amide bonds. The van der Waals surface area contributed by atoms with Crippen molar-refractivity contribution in [1.82, 2.24) is 4.31 Å². The maximum Gasteiger partial charge on any atom is 0.258 e. The molecule has 0 unspecified atom stereocenters. The van der Waals surface area contributed by atoms with Gasteiger partial charge in [-0.1, -0.05) is 17.7 Å². The molecule has 30 heavy (non-hydrogen) atoms. The van der Waals surface area contributed by atoms with Gasteiger partial charge in [0.1, 0.15) is 0 Å². The van der Waals surface area contributed by atoms with Crippen LogP contribution in [-0.2, 0) is 21.2 Å². The van der Waals surface area contributed by atoms with Crippen LogP contribution in [0.1, 0.15) is 33.5 Å². The van der Waals surface area contributed by atoms with Gasteiger partial charge in [0.25, 0.3) is 5.91 Å². The van der Waals surface area contributed by atoms with Crippen LogP contribution in [-0.4, -0.2) is 51.5 Å². The summed E-state index contributed by atoms with van der Waals surface area (Å²) in [6.07, 6.45) is 1.70. The minimum Gasteiger partial charge on any atom is -0.379 e. The molecule has 0 bridgehead atoms. The zero-order valence-electron chi connectivity index (χ0n) is 17.2. The van der Waals surface area contributed by atoms with Crippen molar-refractivity contribution in [2.45, 2.75) is 31.6 Å². The number of aryl methyl sites for hydroxylation is 3. The Balaban J connectivity index is 1.71. The highest BCUT2D eigenvalue weighted by molar-refractivity contribution is 7.89. The summed E-state index contributed by atoms with van der Waals surface area (Å²) < 4.78 is 33.1. The van der Waals surface area contributed by atoms with E-state index in [0.717, 1.165) is 29.7 Å². The van der Waals surface area contributed by atoms with Crippen molar-refractivity contribution in [3.8, 4) is 0 Å². The average Bonchev–Trinajstić information content (AvgIpc) is 2.73. The first-order valence-corrected chi connectivity index (χ1v) is 11.9. The molecule has 2 aliphatic rings. The third kappa shape index (κ3) is 3.87. The Hall–Kier alpha value is -1.93. The fourth-order valence-electron chi connectivity index (χ4n) is 4.22. The molecule has 0 atom stereocenters. The molecule has 4 rings (SSSR count). The van der Waals surface area contributed by atoms with Gasteiger partial charge in [-0.15, -0.1) is 0 Å². The zero-order chi connectivity index (χ0) is 21.5. The minimum atomic E-state index is -3.69. The van der Waals surface area contributed by atoms with Crippen molar-refractivity contribution in [2.24, 2.45) is 0 Å². The maximum atomic E-state index is 13.4. The summed E-state index contributed by atoms with van der Waals surface area (Å²) >= 11 is 6.20. The van der Waals surface area contributed by atoms with E-state index in [4.69, 9.17) is 16.3 Å². The minimum absolute atomic E-state index is 0.181. The predicted molar refractivity (Wildman–Crippen MR) is 117 cm³/mol. The highest BCUT2D eigenvalue weighted by atomic mass is 35.5. The monoisotopic (exact) mass is 448 g/mol. The second-order valence-electron chi connectivity index (χ2n) is 7.79. The van der Waals surface area contributed by atoms with E-state index in [1.165, 1.54) is 10.4 Å². The molecule has 2 aromatic rings. The third-order valence-corrected chi connectivity index (χ3v) is 7.97. The number of halogens is 1. The molecule has 160 valence electrons. The molecule has 1 saturated heterocycles. The molecular formula is C22H25ClN2O4S. The fraction of sp³-hybridized carbons (Fsp3) is 0.409. The number of sulfonamides is 1. The summed E-state index contributed by atoms with van der Waals surface area (Å²) in [4.78, 5) is 15.4. The largest absolute Gasteiger partial charge is 0.379 e. The number of anilines is 1. The molecule has 8 heteroatoms. The van der Waals surface area contributed by atoms with E-state index in [-0.39, 0.29) is 10.8 Å². The molecule has 0 spiro atoms. The topological polar surface area (TPSA) is 66.9 Å². The van der Waals surface area contributed by atoms with E-state index in [0.29, 0.717) is 49.0 Å². The van der Waals surface area contributed by atoms with Gasteiger partial charge in [0, 0.05) is 30.2 Å². The van der Waals surface area contributed by atoms with E-state index in [9.17, 15) is 13.2 Å². The summed E-state index contributed by atoms with van der Waals surface area (Å²) in [5.41, 5.74) is 3.87. The molecule has 0 saturated carbocycles. The lowest BCUT2D eigenvalue weighted by atomic mass is 9.97. The van der Waals surface area contributed by atoms with Crippen molar-refractivity contribution in [3.05, 3.63) is 57.6 Å². The smallest absolute Gasteiger partial charge is 0.258 e. The van der Waals surface area contributed by atoms with Gasteiger partial charge in [-0.2, -0.15) is 4.31 Å². The average molecular weight is 449 g/mol. The first-order valence-electron chi connectivity index (χ1n) is 10.1. The highest BCUT2D eigenvalue weighted by Crippen LogP contribution is 2.34. The Bertz CT molecular complexity index is 1090. The van der Waals surface area contributed by atoms with Gasteiger partial charge >= 0.3 is 0 Å². The molecule has 1 fully saturated rings. The molecule has 2 aliphatic heterocycles. The normalized spacial score (nSPS) is 17.6. The van der Waals surface area contributed by atoms with Crippen molar-refractivity contribution in [3.63, 3.8) is 0 Å². The third-order valence-electron chi connectivity index (χ3n) is 5.71. The van der Waals surface area contributed by atoms with Crippen molar-refractivity contribution in [1.29, 1.82) is 0 Å². The number of benzene rings is 2. The van der Waals surface area contributed by atoms with E-state index in [1.807, 2.05) is 19.1 Å². The number of ether oxygens (including phenoxy) is 1. The predicted octanol–water partition coefficient (Wildman–Crippen LogP) is 3.57. The fourth-order valence-corrected chi connectivity index (χ4v) is 6.17. The second-order valence-corrected chi connectivity index (χ2v) is 10.1. The molecule has 2 heterocycles. The van der Waals surface area contributed by atoms with Gasteiger partial charge in [0.05, 0.1) is 23.8 Å². The Morgan fingerprint density at radius 3 is 2.50 bits per heavy atom. The van der Waals surface area contributed by atoms with Gasteiger partial charge in [0.15, 0.2) is 0 Å². The number of amides is 1.